The molecule has 0 bridgehead atoms. The summed E-state index contributed by atoms with van der Waals surface area (Å²) >= 11 is 0. The molecule has 2 aromatic carbocycles. The van der Waals surface area contributed by atoms with Crippen LogP contribution in [0.15, 0.2) is 53.4 Å². The van der Waals surface area contributed by atoms with E-state index in [0.717, 1.165) is 24.1 Å². The van der Waals surface area contributed by atoms with Crippen molar-refractivity contribution in [3.63, 3.8) is 0 Å². The molecule has 0 spiro atoms. The van der Waals surface area contributed by atoms with E-state index < -0.39 is 10.0 Å². The molecular weight excluding hydrogens is 372 g/mol. The highest BCUT2D eigenvalue weighted by molar-refractivity contribution is 7.92. The summed E-state index contributed by atoms with van der Waals surface area (Å²) in [5.74, 6) is 0.527. The van der Waals surface area contributed by atoms with Gasteiger partial charge in [0.25, 0.3) is 15.9 Å². The quantitative estimate of drug-likeness (QED) is 0.772. The van der Waals surface area contributed by atoms with Crippen molar-refractivity contribution in [3.05, 3.63) is 59.7 Å². The molecule has 4 rings (SSSR count). The fourth-order valence-corrected chi connectivity index (χ4v) is 5.47. The summed E-state index contributed by atoms with van der Waals surface area (Å²) in [7, 11) is -1.83. The molecule has 1 amide bonds. The molecule has 0 aromatic heterocycles. The molecule has 148 valence electrons. The van der Waals surface area contributed by atoms with Gasteiger partial charge < -0.3 is 4.90 Å². The van der Waals surface area contributed by atoms with Crippen LogP contribution >= 0.6 is 0 Å². The van der Waals surface area contributed by atoms with Gasteiger partial charge in [0, 0.05) is 25.2 Å². The average molecular weight is 399 g/mol. The molecule has 1 unspecified atom stereocenters. The van der Waals surface area contributed by atoms with Gasteiger partial charge >= 0.3 is 0 Å². The number of carbonyl (C=O) groups is 1. The van der Waals surface area contributed by atoms with Crippen LogP contribution in [0.25, 0.3) is 0 Å². The Morgan fingerprint density at radius 1 is 1.11 bits per heavy atom. The van der Waals surface area contributed by atoms with Crippen LogP contribution in [0.5, 0.6) is 0 Å². The van der Waals surface area contributed by atoms with Crippen molar-refractivity contribution in [1.29, 1.82) is 0 Å². The Labute approximate surface area is 167 Å². The zero-order chi connectivity index (χ0) is 19.9. The summed E-state index contributed by atoms with van der Waals surface area (Å²) in [4.78, 5) is 14.7. The summed E-state index contributed by atoms with van der Waals surface area (Å²) in [6.45, 7) is 2.55. The number of hydrogen-bond acceptors (Lipinski definition) is 3. The van der Waals surface area contributed by atoms with E-state index in [1.807, 2.05) is 31.3 Å². The van der Waals surface area contributed by atoms with Gasteiger partial charge in [-0.25, -0.2) is 8.42 Å². The Balaban J connectivity index is 1.57. The topological polar surface area (TPSA) is 57.7 Å². The molecule has 5 nitrogen and oxygen atoms in total. The van der Waals surface area contributed by atoms with Gasteiger partial charge in [0.15, 0.2) is 0 Å². The number of aryl methyl sites for hydroxylation is 1. The summed E-state index contributed by atoms with van der Waals surface area (Å²) < 4.78 is 27.9. The van der Waals surface area contributed by atoms with Crippen LogP contribution in [0, 0.1) is 5.92 Å². The van der Waals surface area contributed by atoms with Gasteiger partial charge in [0.1, 0.15) is 0 Å². The number of rotatable bonds is 5. The number of hydrogen-bond donors (Lipinski definition) is 0. The Bertz CT molecular complexity index is 981. The number of carbonyl (C=O) groups excluding carboxylic acids is 1. The molecule has 2 aliphatic rings. The third-order valence-electron chi connectivity index (χ3n) is 5.99. The SMILES string of the molecule is CC(C1CC1)N(C)C(=O)c1ccc(S(=O)(=O)N2CCCc3ccccc32)cc1. The van der Waals surface area contributed by atoms with Crippen LogP contribution in [0.1, 0.15) is 42.1 Å². The number of amides is 1. The molecule has 1 atom stereocenters. The van der Waals surface area contributed by atoms with Crippen molar-refractivity contribution < 1.29 is 13.2 Å². The standard InChI is InChI=1S/C22H26N2O3S/c1-16(17-9-10-17)23(2)22(25)19-11-13-20(14-12-19)28(26,27)24-15-5-7-18-6-3-4-8-21(18)24/h3-4,6,8,11-14,16-17H,5,7,9-10,15H2,1-2H3. The van der Waals surface area contributed by atoms with Crippen LogP contribution in [0.2, 0.25) is 0 Å². The smallest absolute Gasteiger partial charge is 0.264 e. The number of sulfonamides is 1. The second-order valence-electron chi connectivity index (χ2n) is 7.83. The second kappa shape index (κ2) is 7.24. The van der Waals surface area contributed by atoms with Crippen LogP contribution in [-0.2, 0) is 16.4 Å². The van der Waals surface area contributed by atoms with Crippen molar-refractivity contribution in [2.24, 2.45) is 5.92 Å². The van der Waals surface area contributed by atoms with Gasteiger partial charge in [-0.1, -0.05) is 18.2 Å². The van der Waals surface area contributed by atoms with Crippen molar-refractivity contribution in [2.75, 3.05) is 17.9 Å². The predicted molar refractivity (Wildman–Crippen MR) is 110 cm³/mol. The summed E-state index contributed by atoms with van der Waals surface area (Å²) in [6, 6.07) is 14.2. The van der Waals surface area contributed by atoms with E-state index in [2.05, 4.69) is 6.92 Å². The Morgan fingerprint density at radius 2 is 1.79 bits per heavy atom. The highest BCUT2D eigenvalue weighted by atomic mass is 32.2. The van der Waals surface area contributed by atoms with Gasteiger partial charge in [-0.15, -0.1) is 0 Å². The fraction of sp³-hybridized carbons (Fsp3) is 0.409. The molecule has 0 N–H and O–H groups in total. The molecule has 1 aliphatic carbocycles. The van der Waals surface area contributed by atoms with Gasteiger partial charge in [-0.2, -0.15) is 0 Å². The molecular formula is C22H26N2O3S. The van der Waals surface area contributed by atoms with E-state index in [0.29, 0.717) is 18.0 Å². The largest absolute Gasteiger partial charge is 0.339 e. The number of benzene rings is 2. The van der Waals surface area contributed by atoms with Crippen molar-refractivity contribution in [2.45, 2.75) is 43.5 Å². The molecule has 1 fully saturated rings. The third kappa shape index (κ3) is 3.41. The van der Waals surface area contributed by atoms with Crippen molar-refractivity contribution in [1.82, 2.24) is 4.90 Å². The Kier molecular flexibility index (Phi) is 4.91. The third-order valence-corrected chi connectivity index (χ3v) is 7.82. The van der Waals surface area contributed by atoms with E-state index in [4.69, 9.17) is 0 Å². The molecule has 28 heavy (non-hydrogen) atoms. The Morgan fingerprint density at radius 3 is 2.46 bits per heavy atom. The van der Waals surface area contributed by atoms with Crippen molar-refractivity contribution in [3.8, 4) is 0 Å². The lowest BCUT2D eigenvalue weighted by Gasteiger charge is -2.30. The summed E-state index contributed by atoms with van der Waals surface area (Å²) in [5.41, 5.74) is 2.33. The number of anilines is 1. The van der Waals surface area contributed by atoms with Crippen LogP contribution < -0.4 is 4.31 Å². The molecule has 1 saturated carbocycles. The van der Waals surface area contributed by atoms with E-state index in [-0.39, 0.29) is 16.8 Å². The fourth-order valence-electron chi connectivity index (χ4n) is 3.93. The maximum Gasteiger partial charge on any atom is 0.264 e. The predicted octanol–water partition coefficient (Wildman–Crippen LogP) is 3.70. The molecule has 0 radical (unpaired) electrons. The first-order valence-corrected chi connectivity index (χ1v) is 11.3. The highest BCUT2D eigenvalue weighted by Gasteiger charge is 2.33. The Hall–Kier alpha value is -2.34. The van der Waals surface area contributed by atoms with E-state index in [1.165, 1.54) is 17.1 Å². The molecule has 1 heterocycles. The minimum Gasteiger partial charge on any atom is -0.339 e. The van der Waals surface area contributed by atoms with Crippen LogP contribution in [0.3, 0.4) is 0 Å². The zero-order valence-corrected chi connectivity index (χ0v) is 17.2. The number of fused-ring (bicyclic) bond motifs is 1. The lowest BCUT2D eigenvalue weighted by Crippen LogP contribution is -2.36. The first-order valence-electron chi connectivity index (χ1n) is 9.87. The monoisotopic (exact) mass is 398 g/mol. The molecule has 2 aromatic rings. The van der Waals surface area contributed by atoms with Gasteiger partial charge in [0.2, 0.25) is 0 Å². The lowest BCUT2D eigenvalue weighted by atomic mass is 10.0. The molecule has 6 heteroatoms. The first-order chi connectivity index (χ1) is 13.4. The summed E-state index contributed by atoms with van der Waals surface area (Å²) in [5, 5.41) is 0. The highest BCUT2D eigenvalue weighted by Crippen LogP contribution is 2.35. The number of nitrogens with zero attached hydrogens (tertiary/aromatic N) is 2. The minimum absolute atomic E-state index is 0.0633. The lowest BCUT2D eigenvalue weighted by molar-refractivity contribution is 0.0727. The average Bonchev–Trinajstić information content (AvgIpc) is 3.57. The maximum absolute atomic E-state index is 13.2. The first kappa shape index (κ1) is 19.0. The minimum atomic E-state index is -3.65. The van der Waals surface area contributed by atoms with Crippen LogP contribution in [-0.4, -0.2) is 38.9 Å². The number of para-hydroxylation sites is 1. The normalized spacial score (nSPS) is 17.7. The van der Waals surface area contributed by atoms with E-state index >= 15 is 0 Å². The maximum atomic E-state index is 13.2. The molecule has 0 saturated heterocycles. The summed E-state index contributed by atoms with van der Waals surface area (Å²) in [6.07, 6.45) is 4.04. The zero-order valence-electron chi connectivity index (χ0n) is 16.3. The second-order valence-corrected chi connectivity index (χ2v) is 9.69. The molecule has 1 aliphatic heterocycles. The van der Waals surface area contributed by atoms with Crippen LogP contribution in [0.4, 0.5) is 5.69 Å². The van der Waals surface area contributed by atoms with Gasteiger partial charge in [0.05, 0.1) is 10.6 Å². The van der Waals surface area contributed by atoms with Gasteiger partial charge in [-0.3, -0.25) is 9.10 Å². The van der Waals surface area contributed by atoms with E-state index in [9.17, 15) is 13.2 Å². The van der Waals surface area contributed by atoms with Gasteiger partial charge in [-0.05, 0) is 74.4 Å². The van der Waals surface area contributed by atoms with E-state index in [1.54, 1.807) is 29.2 Å². The van der Waals surface area contributed by atoms with Crippen molar-refractivity contribution >= 4 is 21.6 Å².